The third-order valence-electron chi connectivity index (χ3n) is 5.41. The van der Waals surface area contributed by atoms with E-state index in [2.05, 4.69) is 79.0 Å². The molecule has 1 aliphatic carbocycles. The number of hydrogen-bond donors (Lipinski definition) is 0. The Balaban J connectivity index is 0.000000806. The quantitative estimate of drug-likeness (QED) is 0.346. The molecule has 0 radical (unpaired) electrons. The molecule has 1 atom stereocenters. The molecule has 0 bridgehead atoms. The van der Waals surface area contributed by atoms with Gasteiger partial charge in [0.05, 0.1) is 5.91 Å². The first-order valence-corrected chi connectivity index (χ1v) is 14.3. The first-order valence-electron chi connectivity index (χ1n) is 10.0. The van der Waals surface area contributed by atoms with Gasteiger partial charge in [-0.25, -0.2) is 0 Å². The van der Waals surface area contributed by atoms with Gasteiger partial charge in [-0.15, -0.1) is 6.54 Å². The van der Waals surface area contributed by atoms with Crippen molar-refractivity contribution in [3.05, 3.63) is 93.8 Å². The molecule has 30 heavy (non-hydrogen) atoms. The van der Waals surface area contributed by atoms with Crippen LogP contribution in [-0.4, -0.2) is 5.91 Å². The Morgan fingerprint density at radius 2 is 1.70 bits per heavy atom. The van der Waals surface area contributed by atoms with Gasteiger partial charge in [0.2, 0.25) is 0 Å². The number of carbonyl (C=O) groups excluding carboxylic acids is 1. The molecule has 1 aliphatic rings. The predicted octanol–water partition coefficient (Wildman–Crippen LogP) is 7.97. The molecule has 3 aromatic rings. The topological polar surface area (TPSA) is 31.2 Å². The van der Waals surface area contributed by atoms with Crippen LogP contribution in [0.4, 0.5) is 0 Å². The Morgan fingerprint density at radius 1 is 1.00 bits per heavy atom. The van der Waals surface area contributed by atoms with Crippen molar-refractivity contribution in [3.63, 3.8) is 0 Å². The van der Waals surface area contributed by atoms with Gasteiger partial charge in [-0.3, -0.25) is 0 Å². The number of hydrogen-bond acceptors (Lipinski definition) is 1. The van der Waals surface area contributed by atoms with Crippen molar-refractivity contribution in [2.24, 2.45) is 0 Å². The molecule has 1 unspecified atom stereocenters. The van der Waals surface area contributed by atoms with Crippen molar-refractivity contribution >= 4 is 41.4 Å². The van der Waals surface area contributed by atoms with Gasteiger partial charge in [0.1, 0.15) is 0 Å². The van der Waals surface area contributed by atoms with Crippen LogP contribution >= 0.6 is 18.6 Å². The van der Waals surface area contributed by atoms with Crippen LogP contribution in [-0.2, 0) is 28.4 Å². The van der Waals surface area contributed by atoms with Crippen LogP contribution in [0.15, 0.2) is 66.2 Å². The number of carbonyl (C=O) groups is 1. The van der Waals surface area contributed by atoms with Gasteiger partial charge in [0, 0.05) is 5.92 Å². The SMILES string of the molecule is CCCC(=O)[N-]Cc1c(C2C(C)=Cc3ccccc32)ccc2ccccc12.[Cl][Ti][Cl]. The zero-order valence-electron chi connectivity index (χ0n) is 17.2. The van der Waals surface area contributed by atoms with E-state index in [0.717, 1.165) is 6.42 Å². The number of amides is 1. The normalized spacial score (nSPS) is 14.4. The fourth-order valence-corrected chi connectivity index (χ4v) is 4.15. The molecule has 0 aliphatic heterocycles. The molecular formula is C25H24Cl2NOTi-. The zero-order valence-corrected chi connectivity index (χ0v) is 20.2. The Labute approximate surface area is 195 Å². The summed E-state index contributed by atoms with van der Waals surface area (Å²) in [5, 5.41) is 6.78. The molecule has 0 saturated carbocycles. The van der Waals surface area contributed by atoms with Crippen LogP contribution in [0.1, 0.15) is 54.9 Å². The van der Waals surface area contributed by atoms with Gasteiger partial charge in [-0.1, -0.05) is 91.2 Å². The van der Waals surface area contributed by atoms with Gasteiger partial charge >= 0.3 is 35.6 Å². The van der Waals surface area contributed by atoms with Crippen LogP contribution in [0.25, 0.3) is 22.2 Å². The van der Waals surface area contributed by atoms with E-state index < -0.39 is 17.0 Å². The summed E-state index contributed by atoms with van der Waals surface area (Å²) >= 11 is -0.556. The minimum absolute atomic E-state index is 0.00419. The van der Waals surface area contributed by atoms with E-state index in [9.17, 15) is 4.79 Å². The summed E-state index contributed by atoms with van der Waals surface area (Å²) in [5.41, 5.74) is 6.41. The van der Waals surface area contributed by atoms with Crippen LogP contribution in [0.2, 0.25) is 0 Å². The molecule has 2 nitrogen and oxygen atoms in total. The van der Waals surface area contributed by atoms with E-state index >= 15 is 0 Å². The van der Waals surface area contributed by atoms with Gasteiger partial charge in [0.15, 0.2) is 0 Å². The van der Waals surface area contributed by atoms with Gasteiger partial charge in [-0.05, 0) is 40.8 Å². The fourth-order valence-electron chi connectivity index (χ4n) is 4.15. The zero-order chi connectivity index (χ0) is 21.5. The summed E-state index contributed by atoms with van der Waals surface area (Å²) < 4.78 is 0. The molecule has 0 fully saturated rings. The number of halogens is 2. The molecule has 154 valence electrons. The van der Waals surface area contributed by atoms with E-state index in [1.165, 1.54) is 38.6 Å². The van der Waals surface area contributed by atoms with E-state index in [4.69, 9.17) is 18.6 Å². The predicted molar refractivity (Wildman–Crippen MR) is 125 cm³/mol. The minimum atomic E-state index is -0.556. The Kier molecular flexibility index (Phi) is 8.59. The number of fused-ring (bicyclic) bond motifs is 2. The first kappa shape index (κ1) is 23.1. The molecule has 1 amide bonds. The molecule has 0 aromatic heterocycles. The van der Waals surface area contributed by atoms with Crippen LogP contribution in [0.5, 0.6) is 0 Å². The average Bonchev–Trinajstić information content (AvgIpc) is 3.08. The fraction of sp³-hybridized carbons (Fsp3) is 0.240. The van der Waals surface area contributed by atoms with Gasteiger partial charge in [-0.2, -0.15) is 0 Å². The van der Waals surface area contributed by atoms with Crippen LogP contribution < -0.4 is 0 Å². The van der Waals surface area contributed by atoms with Crippen molar-refractivity contribution in [3.8, 4) is 0 Å². The van der Waals surface area contributed by atoms with E-state index in [1.807, 2.05) is 6.92 Å². The second kappa shape index (κ2) is 11.2. The summed E-state index contributed by atoms with van der Waals surface area (Å²) in [6.45, 7) is 4.66. The second-order valence-electron chi connectivity index (χ2n) is 7.34. The Bertz CT molecular complexity index is 1060. The van der Waals surface area contributed by atoms with Crippen molar-refractivity contribution in [2.45, 2.75) is 39.2 Å². The third kappa shape index (κ3) is 5.18. The maximum atomic E-state index is 12.1. The van der Waals surface area contributed by atoms with Gasteiger partial charge in [0.25, 0.3) is 0 Å². The Morgan fingerprint density at radius 3 is 2.47 bits per heavy atom. The number of benzene rings is 3. The molecule has 0 spiro atoms. The summed E-state index contributed by atoms with van der Waals surface area (Å²) in [7, 11) is 9.78. The van der Waals surface area contributed by atoms with E-state index in [-0.39, 0.29) is 11.8 Å². The summed E-state index contributed by atoms with van der Waals surface area (Å²) in [4.78, 5) is 12.1. The van der Waals surface area contributed by atoms with E-state index in [1.54, 1.807) is 0 Å². The monoisotopic (exact) mass is 472 g/mol. The van der Waals surface area contributed by atoms with E-state index in [0.29, 0.717) is 13.0 Å². The molecule has 0 heterocycles. The number of allylic oxidation sites excluding steroid dienone is 1. The third-order valence-corrected chi connectivity index (χ3v) is 5.41. The number of rotatable bonds is 5. The molecule has 0 N–H and O–H groups in total. The van der Waals surface area contributed by atoms with Gasteiger partial charge < -0.3 is 10.1 Å². The van der Waals surface area contributed by atoms with Crippen molar-refractivity contribution in [1.82, 2.24) is 0 Å². The van der Waals surface area contributed by atoms with Crippen molar-refractivity contribution in [1.29, 1.82) is 0 Å². The summed E-state index contributed by atoms with van der Waals surface area (Å²) in [5.74, 6) is 0.229. The molecule has 0 saturated heterocycles. The standard InChI is InChI=1S/C25H25NO.2ClH.Ti/c1-3-8-24(27)26-16-23-20-11-6-4-9-18(20)13-14-22(23)25-17(2)15-19-10-5-7-12-21(19)25;;;/h4-7,9-15,25H,3,8,16H2,1-2H3,(H,26,27);2*1H;/q;;;+2/p-3. The molecular weight excluding hydrogens is 449 g/mol. The summed E-state index contributed by atoms with van der Waals surface area (Å²) in [6, 6.07) is 21.4. The molecule has 5 heteroatoms. The summed E-state index contributed by atoms with van der Waals surface area (Å²) in [6.07, 6.45) is 3.63. The molecule has 4 rings (SSSR count). The molecule has 3 aromatic carbocycles. The van der Waals surface area contributed by atoms with Crippen LogP contribution in [0.3, 0.4) is 0 Å². The Hall–Kier alpha value is -1.58. The van der Waals surface area contributed by atoms with Crippen LogP contribution in [0, 0.1) is 0 Å². The first-order chi connectivity index (χ1) is 14.6. The second-order valence-corrected chi connectivity index (χ2v) is 9.92. The number of nitrogens with zero attached hydrogens (tertiary/aromatic N) is 1. The maximum absolute atomic E-state index is 12.1. The van der Waals surface area contributed by atoms with Crippen molar-refractivity contribution < 1.29 is 21.8 Å². The average molecular weight is 473 g/mol. The van der Waals surface area contributed by atoms with Crippen molar-refractivity contribution in [2.75, 3.05) is 0 Å².